The van der Waals surface area contributed by atoms with E-state index in [4.69, 9.17) is 5.11 Å². The summed E-state index contributed by atoms with van der Waals surface area (Å²) >= 11 is 0. The predicted molar refractivity (Wildman–Crippen MR) is 80.3 cm³/mol. The number of aryl methyl sites for hydroxylation is 1. The van der Waals surface area contributed by atoms with Gasteiger partial charge in [0.05, 0.1) is 11.2 Å². The monoisotopic (exact) mass is 293 g/mol. The lowest BCUT2D eigenvalue weighted by Crippen LogP contribution is -2.40. The molecule has 0 aromatic heterocycles. The van der Waals surface area contributed by atoms with Gasteiger partial charge in [-0.15, -0.1) is 0 Å². The van der Waals surface area contributed by atoms with E-state index >= 15 is 0 Å². The number of rotatable bonds is 8. The molecule has 0 spiro atoms. The molecule has 0 aliphatic rings. The molecule has 116 valence electrons. The molecule has 5 nitrogen and oxygen atoms in total. The van der Waals surface area contributed by atoms with Crippen LogP contribution in [0.25, 0.3) is 0 Å². The van der Waals surface area contributed by atoms with Crippen molar-refractivity contribution in [2.75, 3.05) is 6.54 Å². The summed E-state index contributed by atoms with van der Waals surface area (Å²) in [6.07, 6.45) is 2.36. The smallest absolute Gasteiger partial charge is 0.335 e. The van der Waals surface area contributed by atoms with Gasteiger partial charge in [-0.3, -0.25) is 4.79 Å². The average Bonchev–Trinajstić information content (AvgIpc) is 2.43. The van der Waals surface area contributed by atoms with Crippen LogP contribution in [0.1, 0.15) is 49.0 Å². The molecule has 1 amide bonds. The van der Waals surface area contributed by atoms with Crippen molar-refractivity contribution < 1.29 is 19.8 Å². The number of carboxylic acid groups (broad SMARTS) is 1. The van der Waals surface area contributed by atoms with Gasteiger partial charge in [-0.05, 0) is 37.5 Å². The number of hydrogen-bond donors (Lipinski definition) is 3. The maximum atomic E-state index is 11.7. The van der Waals surface area contributed by atoms with Gasteiger partial charge in [0.1, 0.15) is 0 Å². The van der Waals surface area contributed by atoms with Crippen LogP contribution in [-0.2, 0) is 11.2 Å². The maximum Gasteiger partial charge on any atom is 0.335 e. The molecule has 0 saturated heterocycles. The molecule has 5 heteroatoms. The van der Waals surface area contributed by atoms with Gasteiger partial charge >= 0.3 is 5.97 Å². The Hall–Kier alpha value is -1.88. The number of aliphatic hydroxyl groups is 1. The first-order valence-corrected chi connectivity index (χ1v) is 7.15. The highest BCUT2D eigenvalue weighted by atomic mass is 16.4. The molecule has 3 N–H and O–H groups in total. The molecule has 1 aromatic rings. The summed E-state index contributed by atoms with van der Waals surface area (Å²) in [6.45, 7) is 3.94. The van der Waals surface area contributed by atoms with Gasteiger partial charge < -0.3 is 15.5 Å². The van der Waals surface area contributed by atoms with Crippen molar-refractivity contribution >= 4 is 11.9 Å². The molecule has 21 heavy (non-hydrogen) atoms. The summed E-state index contributed by atoms with van der Waals surface area (Å²) in [5.41, 5.74) is 0.280. The van der Waals surface area contributed by atoms with Crippen LogP contribution in [0.2, 0.25) is 0 Å². The van der Waals surface area contributed by atoms with E-state index in [1.54, 1.807) is 19.1 Å². The second-order valence-corrected chi connectivity index (χ2v) is 5.53. The number of carbonyl (C=O) groups is 2. The van der Waals surface area contributed by atoms with E-state index in [0.29, 0.717) is 19.3 Å². The molecule has 0 fully saturated rings. The van der Waals surface area contributed by atoms with Crippen LogP contribution in [0.3, 0.4) is 0 Å². The maximum absolute atomic E-state index is 11.7. The number of nitrogens with one attached hydrogen (secondary N) is 1. The molecule has 0 aliphatic heterocycles. The molecule has 1 atom stereocenters. The summed E-state index contributed by atoms with van der Waals surface area (Å²) in [6, 6.07) is 6.48. The van der Waals surface area contributed by atoms with Crippen LogP contribution in [0.15, 0.2) is 24.3 Å². The zero-order valence-electron chi connectivity index (χ0n) is 12.6. The van der Waals surface area contributed by atoms with Crippen molar-refractivity contribution in [3.05, 3.63) is 35.4 Å². The van der Waals surface area contributed by atoms with E-state index in [1.807, 2.05) is 6.92 Å². The van der Waals surface area contributed by atoms with Crippen molar-refractivity contribution in [3.63, 3.8) is 0 Å². The van der Waals surface area contributed by atoms with E-state index in [0.717, 1.165) is 12.0 Å². The molecule has 1 rings (SSSR count). The minimum absolute atomic E-state index is 0.117. The highest BCUT2D eigenvalue weighted by Crippen LogP contribution is 2.10. The van der Waals surface area contributed by atoms with Crippen molar-refractivity contribution in [2.24, 2.45) is 0 Å². The Kier molecular flexibility index (Phi) is 6.37. The Morgan fingerprint density at radius 2 is 1.86 bits per heavy atom. The molecular weight excluding hydrogens is 270 g/mol. The number of carbonyl (C=O) groups excluding carboxylic acids is 1. The van der Waals surface area contributed by atoms with E-state index in [-0.39, 0.29) is 18.0 Å². The Morgan fingerprint density at radius 1 is 1.24 bits per heavy atom. The van der Waals surface area contributed by atoms with Crippen LogP contribution in [0, 0.1) is 0 Å². The van der Waals surface area contributed by atoms with Gasteiger partial charge in [-0.2, -0.15) is 0 Å². The molecule has 0 radical (unpaired) electrons. The summed E-state index contributed by atoms with van der Waals surface area (Å²) in [7, 11) is 0. The molecule has 1 unspecified atom stereocenters. The Morgan fingerprint density at radius 3 is 2.38 bits per heavy atom. The van der Waals surface area contributed by atoms with Gasteiger partial charge in [0.2, 0.25) is 5.91 Å². The van der Waals surface area contributed by atoms with Gasteiger partial charge in [0.25, 0.3) is 0 Å². The Balaban J connectivity index is 2.37. The molecule has 0 heterocycles. The predicted octanol–water partition coefficient (Wildman–Crippen LogP) is 1.98. The first-order valence-electron chi connectivity index (χ1n) is 7.15. The highest BCUT2D eigenvalue weighted by Gasteiger charge is 2.19. The van der Waals surface area contributed by atoms with Crippen LogP contribution in [-0.4, -0.2) is 34.2 Å². The lowest BCUT2D eigenvalue weighted by atomic mass is 10.0. The van der Waals surface area contributed by atoms with E-state index in [9.17, 15) is 14.7 Å². The van der Waals surface area contributed by atoms with E-state index in [1.165, 1.54) is 12.1 Å². The lowest BCUT2D eigenvalue weighted by Gasteiger charge is -2.22. The summed E-state index contributed by atoms with van der Waals surface area (Å²) in [5, 5.41) is 21.5. The van der Waals surface area contributed by atoms with Crippen molar-refractivity contribution in [3.8, 4) is 0 Å². The number of benzene rings is 1. The van der Waals surface area contributed by atoms with Gasteiger partial charge in [0, 0.05) is 13.0 Å². The first kappa shape index (κ1) is 17.2. The third-order valence-corrected chi connectivity index (χ3v) is 3.30. The SMILES string of the molecule is CCCC(C)(O)CNC(=O)CCc1ccc(C(=O)O)cc1. The van der Waals surface area contributed by atoms with Gasteiger partial charge in [-0.1, -0.05) is 25.5 Å². The third-order valence-electron chi connectivity index (χ3n) is 3.30. The second-order valence-electron chi connectivity index (χ2n) is 5.53. The zero-order valence-corrected chi connectivity index (χ0v) is 12.6. The number of amides is 1. The largest absolute Gasteiger partial charge is 0.478 e. The molecule has 0 aliphatic carbocycles. The van der Waals surface area contributed by atoms with Gasteiger partial charge in [-0.25, -0.2) is 4.79 Å². The molecular formula is C16H23NO4. The topological polar surface area (TPSA) is 86.6 Å². The lowest BCUT2D eigenvalue weighted by molar-refractivity contribution is -0.122. The summed E-state index contributed by atoms with van der Waals surface area (Å²) < 4.78 is 0. The van der Waals surface area contributed by atoms with E-state index in [2.05, 4.69) is 5.32 Å². The van der Waals surface area contributed by atoms with Crippen LogP contribution in [0.5, 0.6) is 0 Å². The fourth-order valence-electron chi connectivity index (χ4n) is 2.08. The number of aromatic carboxylic acids is 1. The Labute approximate surface area is 125 Å². The van der Waals surface area contributed by atoms with E-state index < -0.39 is 11.6 Å². The van der Waals surface area contributed by atoms with Crippen molar-refractivity contribution in [1.29, 1.82) is 0 Å². The zero-order chi connectivity index (χ0) is 15.9. The Bertz CT molecular complexity index is 480. The number of carboxylic acids is 1. The average molecular weight is 293 g/mol. The highest BCUT2D eigenvalue weighted by molar-refractivity contribution is 5.87. The van der Waals surface area contributed by atoms with Crippen molar-refractivity contribution in [2.45, 2.75) is 45.1 Å². The summed E-state index contributed by atoms with van der Waals surface area (Å²) in [4.78, 5) is 22.4. The third kappa shape index (κ3) is 6.40. The van der Waals surface area contributed by atoms with Crippen LogP contribution < -0.4 is 5.32 Å². The normalized spacial score (nSPS) is 13.5. The molecule has 0 saturated carbocycles. The first-order chi connectivity index (χ1) is 9.84. The van der Waals surface area contributed by atoms with Crippen molar-refractivity contribution in [1.82, 2.24) is 5.32 Å². The van der Waals surface area contributed by atoms with Crippen LogP contribution >= 0.6 is 0 Å². The second kappa shape index (κ2) is 7.78. The minimum atomic E-state index is -0.961. The van der Waals surface area contributed by atoms with Crippen LogP contribution in [0.4, 0.5) is 0 Å². The molecule has 1 aromatic carbocycles. The fraction of sp³-hybridized carbons (Fsp3) is 0.500. The minimum Gasteiger partial charge on any atom is -0.478 e. The quantitative estimate of drug-likeness (QED) is 0.684. The molecule has 0 bridgehead atoms. The standard InChI is InChI=1S/C16H23NO4/c1-3-10-16(2,21)11-17-14(18)9-6-12-4-7-13(8-5-12)15(19)20/h4-5,7-8,21H,3,6,9-11H2,1-2H3,(H,17,18)(H,19,20). The fourth-order valence-corrected chi connectivity index (χ4v) is 2.08. The van der Waals surface area contributed by atoms with Gasteiger partial charge in [0.15, 0.2) is 0 Å². The summed E-state index contributed by atoms with van der Waals surface area (Å²) in [5.74, 6) is -1.08. The number of hydrogen-bond acceptors (Lipinski definition) is 3.